The number of halogens is 2. The third kappa shape index (κ3) is 4.69. The van der Waals surface area contributed by atoms with Gasteiger partial charge >= 0.3 is 6.01 Å². The van der Waals surface area contributed by atoms with Gasteiger partial charge in [-0.25, -0.2) is 0 Å². The standard InChI is InChI=1S/C17H10Cl2N4O4/c18-11-5-6-14(19)13(9-11)16-21-22-17(27-16)20-15(24)7-4-10-2-1-3-12(8-10)23(25)26/h1-9H,(H,20,22,24). The maximum atomic E-state index is 12.0. The first kappa shape index (κ1) is 18.6. The minimum Gasteiger partial charge on any atom is -0.403 e. The zero-order valence-corrected chi connectivity index (χ0v) is 14.9. The molecule has 3 aromatic rings. The van der Waals surface area contributed by atoms with E-state index < -0.39 is 10.8 Å². The number of amides is 1. The van der Waals surface area contributed by atoms with E-state index in [1.54, 1.807) is 24.3 Å². The first-order valence-electron chi connectivity index (χ1n) is 7.45. The van der Waals surface area contributed by atoms with Crippen molar-refractivity contribution in [3.05, 3.63) is 74.3 Å². The minimum absolute atomic E-state index is 0.0718. The number of non-ortho nitro benzene ring substituents is 1. The smallest absolute Gasteiger partial charge is 0.322 e. The van der Waals surface area contributed by atoms with Crippen molar-refractivity contribution in [2.75, 3.05) is 5.32 Å². The van der Waals surface area contributed by atoms with Crippen molar-refractivity contribution in [3.63, 3.8) is 0 Å². The number of carbonyl (C=O) groups excluding carboxylic acids is 1. The third-order valence-electron chi connectivity index (χ3n) is 3.32. The van der Waals surface area contributed by atoms with Gasteiger partial charge in [0.25, 0.3) is 17.5 Å². The Labute approximate surface area is 162 Å². The van der Waals surface area contributed by atoms with Crippen molar-refractivity contribution >= 4 is 46.9 Å². The lowest BCUT2D eigenvalue weighted by molar-refractivity contribution is -0.384. The largest absolute Gasteiger partial charge is 0.403 e. The molecule has 0 atom stereocenters. The van der Waals surface area contributed by atoms with Crippen molar-refractivity contribution in [1.82, 2.24) is 10.2 Å². The summed E-state index contributed by atoms with van der Waals surface area (Å²) in [5.41, 5.74) is 0.859. The van der Waals surface area contributed by atoms with Crippen LogP contribution >= 0.6 is 23.2 Å². The van der Waals surface area contributed by atoms with Gasteiger partial charge in [0.2, 0.25) is 0 Å². The molecule has 0 radical (unpaired) electrons. The molecule has 3 rings (SSSR count). The zero-order valence-electron chi connectivity index (χ0n) is 13.4. The van der Waals surface area contributed by atoms with Gasteiger partial charge < -0.3 is 4.42 Å². The Morgan fingerprint density at radius 3 is 2.78 bits per heavy atom. The van der Waals surface area contributed by atoms with Gasteiger partial charge in [-0.2, -0.15) is 0 Å². The first-order valence-corrected chi connectivity index (χ1v) is 8.20. The molecule has 1 aromatic heterocycles. The molecule has 0 aliphatic heterocycles. The van der Waals surface area contributed by atoms with Crippen LogP contribution in [0.5, 0.6) is 0 Å². The molecule has 2 aromatic carbocycles. The van der Waals surface area contributed by atoms with Crippen LogP contribution in [0.4, 0.5) is 11.7 Å². The molecule has 27 heavy (non-hydrogen) atoms. The summed E-state index contributed by atoms with van der Waals surface area (Å²) in [6, 6.07) is 10.5. The summed E-state index contributed by atoms with van der Waals surface area (Å²) < 4.78 is 5.36. The fourth-order valence-electron chi connectivity index (χ4n) is 2.10. The van der Waals surface area contributed by atoms with E-state index in [2.05, 4.69) is 15.5 Å². The fourth-order valence-corrected chi connectivity index (χ4v) is 2.48. The van der Waals surface area contributed by atoms with Crippen molar-refractivity contribution in [2.24, 2.45) is 0 Å². The molecule has 0 aliphatic rings. The summed E-state index contributed by atoms with van der Waals surface area (Å²) >= 11 is 12.0. The van der Waals surface area contributed by atoms with Crippen molar-refractivity contribution in [1.29, 1.82) is 0 Å². The second-order valence-electron chi connectivity index (χ2n) is 5.21. The van der Waals surface area contributed by atoms with Crippen LogP contribution in [-0.2, 0) is 4.79 Å². The highest BCUT2D eigenvalue weighted by molar-refractivity contribution is 6.35. The summed E-state index contributed by atoms with van der Waals surface area (Å²) in [4.78, 5) is 22.2. The molecular weight excluding hydrogens is 395 g/mol. The zero-order chi connectivity index (χ0) is 19.4. The molecule has 0 aliphatic carbocycles. The van der Waals surface area contributed by atoms with Crippen LogP contribution in [0.15, 0.2) is 53.0 Å². The molecule has 0 saturated heterocycles. The number of anilines is 1. The molecule has 0 spiro atoms. The number of rotatable bonds is 5. The Morgan fingerprint density at radius 2 is 2.00 bits per heavy atom. The molecule has 0 bridgehead atoms. The highest BCUT2D eigenvalue weighted by atomic mass is 35.5. The van der Waals surface area contributed by atoms with Gasteiger partial charge in [0.15, 0.2) is 0 Å². The van der Waals surface area contributed by atoms with Crippen LogP contribution in [0, 0.1) is 10.1 Å². The predicted octanol–water partition coefficient (Wildman–Crippen LogP) is 4.60. The van der Waals surface area contributed by atoms with Gasteiger partial charge in [-0.05, 0) is 29.8 Å². The van der Waals surface area contributed by atoms with Gasteiger partial charge in [0.05, 0.1) is 15.5 Å². The van der Waals surface area contributed by atoms with Gasteiger partial charge in [-0.3, -0.25) is 20.2 Å². The third-order valence-corrected chi connectivity index (χ3v) is 3.89. The topological polar surface area (TPSA) is 111 Å². The second kappa shape index (κ2) is 7.98. The number of nitrogens with zero attached hydrogens (tertiary/aromatic N) is 3. The van der Waals surface area contributed by atoms with Crippen molar-refractivity contribution < 1.29 is 14.1 Å². The summed E-state index contributed by atoms with van der Waals surface area (Å²) in [6.45, 7) is 0. The normalized spacial score (nSPS) is 10.9. The lowest BCUT2D eigenvalue weighted by atomic mass is 10.2. The van der Waals surface area contributed by atoms with E-state index in [1.807, 2.05) is 0 Å². The van der Waals surface area contributed by atoms with Crippen LogP contribution < -0.4 is 5.32 Å². The summed E-state index contributed by atoms with van der Waals surface area (Å²) in [5.74, 6) is -0.450. The van der Waals surface area contributed by atoms with E-state index in [9.17, 15) is 14.9 Å². The number of hydrogen-bond acceptors (Lipinski definition) is 6. The number of nitro benzene ring substituents is 1. The Hall–Kier alpha value is -3.23. The Kier molecular flexibility index (Phi) is 5.49. The molecule has 0 unspecified atom stereocenters. The quantitative estimate of drug-likeness (QED) is 0.377. The average Bonchev–Trinajstić information content (AvgIpc) is 3.10. The minimum atomic E-state index is -0.547. The highest BCUT2D eigenvalue weighted by Crippen LogP contribution is 2.30. The lowest BCUT2D eigenvalue weighted by Gasteiger charge is -1.99. The Morgan fingerprint density at radius 1 is 1.19 bits per heavy atom. The van der Waals surface area contributed by atoms with Crippen LogP contribution in [0.25, 0.3) is 17.5 Å². The molecule has 10 heteroatoms. The molecule has 136 valence electrons. The Bertz CT molecular complexity index is 1050. The van der Waals surface area contributed by atoms with Gasteiger partial charge in [-0.1, -0.05) is 40.4 Å². The molecule has 1 N–H and O–H groups in total. The molecule has 1 heterocycles. The van der Waals surface area contributed by atoms with Gasteiger partial charge in [0, 0.05) is 23.2 Å². The molecule has 1 amide bonds. The summed E-state index contributed by atoms with van der Waals surface area (Å²) in [7, 11) is 0. The number of nitro groups is 1. The molecule has 8 nitrogen and oxygen atoms in total. The maximum absolute atomic E-state index is 12.0. The van der Waals surface area contributed by atoms with E-state index in [0.717, 1.165) is 0 Å². The fraction of sp³-hybridized carbons (Fsp3) is 0. The maximum Gasteiger partial charge on any atom is 0.322 e. The Balaban J connectivity index is 1.70. The van der Waals surface area contributed by atoms with Crippen LogP contribution in [-0.4, -0.2) is 21.0 Å². The number of carbonyl (C=O) groups is 1. The predicted molar refractivity (Wildman–Crippen MR) is 101 cm³/mol. The number of benzene rings is 2. The monoisotopic (exact) mass is 404 g/mol. The van der Waals surface area contributed by atoms with Gasteiger partial charge in [-0.15, -0.1) is 5.10 Å². The molecular formula is C17H10Cl2N4O4. The van der Waals surface area contributed by atoms with E-state index in [0.29, 0.717) is 21.2 Å². The highest BCUT2D eigenvalue weighted by Gasteiger charge is 2.13. The van der Waals surface area contributed by atoms with Gasteiger partial charge in [0.1, 0.15) is 0 Å². The van der Waals surface area contributed by atoms with Crippen molar-refractivity contribution in [3.8, 4) is 11.5 Å². The van der Waals surface area contributed by atoms with E-state index >= 15 is 0 Å². The SMILES string of the molecule is O=C(C=Cc1cccc([N+](=O)[O-])c1)Nc1nnc(-c2cc(Cl)ccc2Cl)o1. The first-order chi connectivity index (χ1) is 12.9. The number of aromatic nitrogens is 2. The van der Waals surface area contributed by atoms with Crippen molar-refractivity contribution in [2.45, 2.75) is 0 Å². The molecule has 0 fully saturated rings. The van der Waals surface area contributed by atoms with Crippen LogP contribution in [0.3, 0.4) is 0 Å². The number of nitrogens with one attached hydrogen (secondary N) is 1. The van der Waals surface area contributed by atoms with Crippen LogP contribution in [0.2, 0.25) is 10.0 Å². The van der Waals surface area contributed by atoms with E-state index in [4.69, 9.17) is 27.6 Å². The molecule has 0 saturated carbocycles. The number of hydrogen-bond donors (Lipinski definition) is 1. The second-order valence-corrected chi connectivity index (χ2v) is 6.05. The van der Waals surface area contributed by atoms with Crippen LogP contribution in [0.1, 0.15) is 5.56 Å². The average molecular weight is 405 g/mol. The van der Waals surface area contributed by atoms with E-state index in [-0.39, 0.29) is 17.6 Å². The summed E-state index contributed by atoms with van der Waals surface area (Å²) in [6.07, 6.45) is 2.61. The van der Waals surface area contributed by atoms with E-state index in [1.165, 1.54) is 30.4 Å². The summed E-state index contributed by atoms with van der Waals surface area (Å²) in [5, 5.41) is 21.5. The lowest BCUT2D eigenvalue weighted by Crippen LogP contribution is -2.07.